The van der Waals surface area contributed by atoms with Crippen LogP contribution in [-0.4, -0.2) is 35.1 Å². The van der Waals surface area contributed by atoms with E-state index in [9.17, 15) is 9.59 Å². The molecule has 0 radical (unpaired) electrons. The molecule has 1 rings (SSSR count). The van der Waals surface area contributed by atoms with Crippen LogP contribution in [0.1, 0.15) is 19.1 Å². The van der Waals surface area contributed by atoms with E-state index in [-0.39, 0.29) is 6.54 Å². The number of carbonyl (C=O) groups excluding carboxylic acids is 1. The van der Waals surface area contributed by atoms with Gasteiger partial charge in [0.25, 0.3) is 0 Å². The van der Waals surface area contributed by atoms with Gasteiger partial charge in [0.15, 0.2) is 0 Å². The van der Waals surface area contributed by atoms with Crippen molar-refractivity contribution < 1.29 is 19.1 Å². The summed E-state index contributed by atoms with van der Waals surface area (Å²) in [6.45, 7) is 1.96. The Morgan fingerprint density at radius 2 is 2.29 bits per heavy atom. The summed E-state index contributed by atoms with van der Waals surface area (Å²) in [6.07, 6.45) is 1.87. The van der Waals surface area contributed by atoms with Gasteiger partial charge in [-0.15, -0.1) is 0 Å². The Bertz CT molecular complexity index is 375. The number of carboxylic acids is 1. The number of amides is 2. The Morgan fingerprint density at radius 1 is 1.59 bits per heavy atom. The van der Waals surface area contributed by atoms with E-state index in [1.165, 1.54) is 18.2 Å². The molecule has 0 aliphatic heterocycles. The molecule has 17 heavy (non-hydrogen) atoms. The Hall–Kier alpha value is -1.98. The number of likely N-dealkylation sites (N-methyl/N-ethyl adjacent to an activating group) is 1. The number of nitrogens with zero attached hydrogens (tertiary/aromatic N) is 1. The first-order chi connectivity index (χ1) is 8.06. The SMILES string of the molecule is CCC(C(=O)O)N(C)C(=O)NCc1ccco1. The Labute approximate surface area is 99.2 Å². The first-order valence-electron chi connectivity index (χ1n) is 5.32. The molecule has 0 aromatic carbocycles. The second-order valence-electron chi connectivity index (χ2n) is 3.61. The summed E-state index contributed by atoms with van der Waals surface area (Å²) in [5, 5.41) is 11.5. The molecule has 0 aliphatic carbocycles. The number of hydrogen-bond donors (Lipinski definition) is 2. The summed E-state index contributed by atoms with van der Waals surface area (Å²) in [6, 6.07) is 2.20. The molecule has 0 aliphatic rings. The van der Waals surface area contributed by atoms with Crippen molar-refractivity contribution in [2.45, 2.75) is 25.9 Å². The first kappa shape index (κ1) is 13.1. The van der Waals surface area contributed by atoms with Gasteiger partial charge in [0.2, 0.25) is 0 Å². The molecule has 2 N–H and O–H groups in total. The normalized spacial score (nSPS) is 11.9. The van der Waals surface area contributed by atoms with E-state index in [1.54, 1.807) is 19.1 Å². The predicted molar refractivity (Wildman–Crippen MR) is 60.4 cm³/mol. The van der Waals surface area contributed by atoms with Crippen molar-refractivity contribution in [2.75, 3.05) is 7.05 Å². The monoisotopic (exact) mass is 240 g/mol. The summed E-state index contributed by atoms with van der Waals surface area (Å²) >= 11 is 0. The van der Waals surface area contributed by atoms with Crippen molar-refractivity contribution in [2.24, 2.45) is 0 Å². The summed E-state index contributed by atoms with van der Waals surface area (Å²) in [4.78, 5) is 23.7. The van der Waals surface area contributed by atoms with Crippen molar-refractivity contribution >= 4 is 12.0 Å². The van der Waals surface area contributed by atoms with E-state index in [1.807, 2.05) is 0 Å². The number of hydrogen-bond acceptors (Lipinski definition) is 3. The van der Waals surface area contributed by atoms with E-state index in [2.05, 4.69) is 5.32 Å². The van der Waals surface area contributed by atoms with Gasteiger partial charge in [-0.05, 0) is 18.6 Å². The molecule has 1 atom stereocenters. The number of aliphatic carboxylic acids is 1. The van der Waals surface area contributed by atoms with E-state index < -0.39 is 18.0 Å². The Kier molecular flexibility index (Phi) is 4.56. The van der Waals surface area contributed by atoms with Crippen LogP contribution in [0.15, 0.2) is 22.8 Å². The molecule has 1 aromatic heterocycles. The highest BCUT2D eigenvalue weighted by Gasteiger charge is 2.24. The van der Waals surface area contributed by atoms with Crippen LogP contribution in [0.3, 0.4) is 0 Å². The first-order valence-corrected chi connectivity index (χ1v) is 5.32. The third-order valence-corrected chi connectivity index (χ3v) is 2.45. The Morgan fingerprint density at radius 3 is 2.76 bits per heavy atom. The van der Waals surface area contributed by atoms with Crippen LogP contribution < -0.4 is 5.32 Å². The molecular weight excluding hydrogens is 224 g/mol. The van der Waals surface area contributed by atoms with Gasteiger partial charge in [0.1, 0.15) is 11.8 Å². The van der Waals surface area contributed by atoms with E-state index in [4.69, 9.17) is 9.52 Å². The summed E-state index contributed by atoms with van der Waals surface area (Å²) in [5.74, 6) is -0.390. The standard InChI is InChI=1S/C11H16N2O4/c1-3-9(10(14)15)13(2)11(16)12-7-8-5-4-6-17-8/h4-6,9H,3,7H2,1-2H3,(H,12,16)(H,14,15). The second-order valence-corrected chi connectivity index (χ2v) is 3.61. The van der Waals surface area contributed by atoms with Crippen molar-refractivity contribution in [3.8, 4) is 0 Å². The quantitative estimate of drug-likeness (QED) is 0.812. The van der Waals surface area contributed by atoms with Crippen LogP contribution in [0.5, 0.6) is 0 Å². The highest BCUT2D eigenvalue weighted by Crippen LogP contribution is 2.04. The van der Waals surface area contributed by atoms with Crippen molar-refractivity contribution in [1.82, 2.24) is 10.2 Å². The van der Waals surface area contributed by atoms with Crippen LogP contribution in [-0.2, 0) is 11.3 Å². The summed E-state index contributed by atoms with van der Waals surface area (Å²) < 4.78 is 5.05. The highest BCUT2D eigenvalue weighted by atomic mass is 16.4. The molecule has 2 amide bonds. The van der Waals surface area contributed by atoms with Crippen LogP contribution in [0, 0.1) is 0 Å². The molecule has 1 aromatic rings. The van der Waals surface area contributed by atoms with Crippen LogP contribution >= 0.6 is 0 Å². The molecule has 0 fully saturated rings. The van der Waals surface area contributed by atoms with Crippen LogP contribution in [0.2, 0.25) is 0 Å². The lowest BCUT2D eigenvalue weighted by Gasteiger charge is -2.23. The molecule has 6 heteroatoms. The van der Waals surface area contributed by atoms with Gasteiger partial charge in [-0.1, -0.05) is 6.92 Å². The highest BCUT2D eigenvalue weighted by molar-refractivity contribution is 5.82. The maximum atomic E-state index is 11.7. The molecule has 0 saturated carbocycles. The number of carbonyl (C=O) groups is 2. The maximum Gasteiger partial charge on any atom is 0.326 e. The van der Waals surface area contributed by atoms with Crippen LogP contribution in [0.25, 0.3) is 0 Å². The smallest absolute Gasteiger partial charge is 0.326 e. The minimum atomic E-state index is -1.01. The third kappa shape index (κ3) is 3.51. The molecule has 94 valence electrons. The lowest BCUT2D eigenvalue weighted by molar-refractivity contribution is -0.141. The molecule has 0 bridgehead atoms. The van der Waals surface area contributed by atoms with Crippen molar-refractivity contribution in [1.29, 1.82) is 0 Å². The topological polar surface area (TPSA) is 82.8 Å². The fraction of sp³-hybridized carbons (Fsp3) is 0.455. The van der Waals surface area contributed by atoms with Crippen molar-refractivity contribution in [3.63, 3.8) is 0 Å². The molecule has 1 unspecified atom stereocenters. The van der Waals surface area contributed by atoms with E-state index in [0.717, 1.165) is 0 Å². The molecule has 0 spiro atoms. The second kappa shape index (κ2) is 5.93. The van der Waals surface area contributed by atoms with Gasteiger partial charge in [-0.3, -0.25) is 0 Å². The zero-order valence-electron chi connectivity index (χ0n) is 9.84. The molecular formula is C11H16N2O4. The van der Waals surface area contributed by atoms with E-state index in [0.29, 0.717) is 12.2 Å². The van der Waals surface area contributed by atoms with Crippen LogP contribution in [0.4, 0.5) is 4.79 Å². The number of nitrogens with one attached hydrogen (secondary N) is 1. The lowest BCUT2D eigenvalue weighted by Crippen LogP contribution is -2.46. The third-order valence-electron chi connectivity index (χ3n) is 2.45. The van der Waals surface area contributed by atoms with E-state index >= 15 is 0 Å². The molecule has 1 heterocycles. The number of carboxylic acid groups (broad SMARTS) is 1. The zero-order valence-corrected chi connectivity index (χ0v) is 9.84. The average molecular weight is 240 g/mol. The van der Waals surface area contributed by atoms with Crippen molar-refractivity contribution in [3.05, 3.63) is 24.2 Å². The summed E-state index contributed by atoms with van der Waals surface area (Å²) in [7, 11) is 1.46. The van der Waals surface area contributed by atoms with Gasteiger partial charge in [-0.2, -0.15) is 0 Å². The number of urea groups is 1. The lowest BCUT2D eigenvalue weighted by atomic mass is 10.2. The van der Waals surface area contributed by atoms with Gasteiger partial charge in [-0.25, -0.2) is 9.59 Å². The predicted octanol–water partition coefficient (Wildman–Crippen LogP) is 1.28. The number of furan rings is 1. The zero-order chi connectivity index (χ0) is 12.8. The van der Waals surface area contributed by atoms with Gasteiger partial charge in [0, 0.05) is 7.05 Å². The molecule has 0 saturated heterocycles. The minimum absolute atomic E-state index is 0.242. The van der Waals surface area contributed by atoms with Gasteiger partial charge < -0.3 is 19.7 Å². The fourth-order valence-electron chi connectivity index (χ4n) is 1.46. The average Bonchev–Trinajstić information content (AvgIpc) is 2.78. The summed E-state index contributed by atoms with van der Waals surface area (Å²) in [5.41, 5.74) is 0. The largest absolute Gasteiger partial charge is 0.480 e. The Balaban J connectivity index is 2.49. The minimum Gasteiger partial charge on any atom is -0.480 e. The number of rotatable bonds is 5. The molecule has 6 nitrogen and oxygen atoms in total. The fourth-order valence-corrected chi connectivity index (χ4v) is 1.46. The van der Waals surface area contributed by atoms with Gasteiger partial charge in [0.05, 0.1) is 12.8 Å². The van der Waals surface area contributed by atoms with Gasteiger partial charge >= 0.3 is 12.0 Å². The maximum absolute atomic E-state index is 11.7.